The summed E-state index contributed by atoms with van der Waals surface area (Å²) in [6.07, 6.45) is 4.64. The molecular formula is C14H19N3O2S. The van der Waals surface area contributed by atoms with Crippen LogP contribution in [0.1, 0.15) is 31.5 Å². The molecule has 3 rings (SSSR count). The first kappa shape index (κ1) is 13.7. The normalized spacial score (nSPS) is 20.9. The van der Waals surface area contributed by atoms with E-state index < -0.39 is 0 Å². The van der Waals surface area contributed by atoms with E-state index >= 15 is 0 Å². The highest BCUT2D eigenvalue weighted by molar-refractivity contribution is 7.08. The Balaban J connectivity index is 1.70. The lowest BCUT2D eigenvalue weighted by Gasteiger charge is -2.26. The lowest BCUT2D eigenvalue weighted by molar-refractivity contribution is 0.115. The van der Waals surface area contributed by atoms with E-state index in [0.717, 1.165) is 18.5 Å². The molecule has 5 nitrogen and oxygen atoms in total. The third-order valence-electron chi connectivity index (χ3n) is 3.79. The zero-order chi connectivity index (χ0) is 13.8. The number of hydrogen-bond acceptors (Lipinski definition) is 6. The number of rotatable bonds is 4. The summed E-state index contributed by atoms with van der Waals surface area (Å²) in [6, 6.07) is 2.20. The van der Waals surface area contributed by atoms with Crippen LogP contribution in [0.4, 0.5) is 0 Å². The van der Waals surface area contributed by atoms with Gasteiger partial charge in [0, 0.05) is 11.4 Å². The zero-order valence-corrected chi connectivity index (χ0v) is 12.2. The Morgan fingerprint density at radius 1 is 1.40 bits per heavy atom. The van der Waals surface area contributed by atoms with E-state index in [0.29, 0.717) is 18.3 Å². The number of thiophene rings is 1. The molecule has 108 valence electrons. The predicted octanol–water partition coefficient (Wildman–Crippen LogP) is 2.54. The minimum absolute atomic E-state index is 0.204. The number of aliphatic hydroxyl groups is 1. The Bertz CT molecular complexity index is 526. The Morgan fingerprint density at radius 2 is 2.35 bits per heavy atom. The van der Waals surface area contributed by atoms with Crippen LogP contribution in [0.3, 0.4) is 0 Å². The lowest BCUT2D eigenvalue weighted by atomic mass is 10.1. The minimum Gasteiger partial charge on any atom is -0.395 e. The smallest absolute Gasteiger partial charge is 0.258 e. The van der Waals surface area contributed by atoms with Gasteiger partial charge >= 0.3 is 0 Å². The monoisotopic (exact) mass is 293 g/mol. The van der Waals surface area contributed by atoms with Gasteiger partial charge in [0.2, 0.25) is 0 Å². The summed E-state index contributed by atoms with van der Waals surface area (Å²) >= 11 is 1.61. The van der Waals surface area contributed by atoms with Crippen LogP contribution in [-0.4, -0.2) is 39.3 Å². The van der Waals surface area contributed by atoms with Crippen molar-refractivity contribution < 1.29 is 9.63 Å². The zero-order valence-electron chi connectivity index (χ0n) is 11.4. The second-order valence-electron chi connectivity index (χ2n) is 5.18. The maximum Gasteiger partial charge on any atom is 0.258 e. The molecule has 3 heterocycles. The van der Waals surface area contributed by atoms with Crippen LogP contribution < -0.4 is 0 Å². The maximum atomic E-state index is 9.52. The quantitative estimate of drug-likeness (QED) is 0.938. The van der Waals surface area contributed by atoms with Crippen LogP contribution in [0, 0.1) is 0 Å². The Labute approximate surface area is 122 Å². The average molecular weight is 293 g/mol. The van der Waals surface area contributed by atoms with Crippen molar-refractivity contribution in [2.45, 2.75) is 38.3 Å². The van der Waals surface area contributed by atoms with Gasteiger partial charge in [-0.15, -0.1) is 0 Å². The van der Waals surface area contributed by atoms with Gasteiger partial charge in [0.1, 0.15) is 0 Å². The first-order chi connectivity index (χ1) is 9.86. The number of aliphatic hydroxyl groups excluding tert-OH is 1. The van der Waals surface area contributed by atoms with Gasteiger partial charge in [-0.2, -0.15) is 16.3 Å². The van der Waals surface area contributed by atoms with E-state index in [2.05, 4.69) is 15.0 Å². The fourth-order valence-electron chi connectivity index (χ4n) is 2.65. The molecule has 0 aliphatic carbocycles. The van der Waals surface area contributed by atoms with Gasteiger partial charge in [-0.1, -0.05) is 18.0 Å². The van der Waals surface area contributed by atoms with Crippen molar-refractivity contribution in [2.24, 2.45) is 0 Å². The van der Waals surface area contributed by atoms with Crippen LogP contribution in [0.5, 0.6) is 0 Å². The first-order valence-corrected chi connectivity index (χ1v) is 8.01. The van der Waals surface area contributed by atoms with Gasteiger partial charge in [-0.3, -0.25) is 4.90 Å². The van der Waals surface area contributed by atoms with Gasteiger partial charge < -0.3 is 9.63 Å². The third kappa shape index (κ3) is 3.08. The standard InChI is InChI=1S/C14H19N3O2S/c18-9-12-4-2-1-3-6-17(12)8-13-15-14(19-16-13)11-5-7-20-10-11/h5,7,10,12,18H,1-4,6,8-9H2. The van der Waals surface area contributed by atoms with E-state index in [-0.39, 0.29) is 12.6 Å². The second-order valence-corrected chi connectivity index (χ2v) is 5.96. The molecule has 0 amide bonds. The predicted molar refractivity (Wildman–Crippen MR) is 77.4 cm³/mol. The molecule has 2 aromatic heterocycles. The molecular weight excluding hydrogens is 274 g/mol. The summed E-state index contributed by atoms with van der Waals surface area (Å²) in [4.78, 5) is 6.72. The molecule has 1 fully saturated rings. The molecule has 0 aromatic carbocycles. The average Bonchev–Trinajstić information content (AvgIpc) is 3.08. The van der Waals surface area contributed by atoms with Gasteiger partial charge in [0.25, 0.3) is 5.89 Å². The van der Waals surface area contributed by atoms with E-state index in [9.17, 15) is 5.11 Å². The highest BCUT2D eigenvalue weighted by Gasteiger charge is 2.22. The largest absolute Gasteiger partial charge is 0.395 e. The first-order valence-electron chi connectivity index (χ1n) is 7.07. The Morgan fingerprint density at radius 3 is 3.15 bits per heavy atom. The van der Waals surface area contributed by atoms with E-state index in [4.69, 9.17) is 4.52 Å². The fourth-order valence-corrected chi connectivity index (χ4v) is 3.28. The second kappa shape index (κ2) is 6.47. The lowest BCUT2D eigenvalue weighted by Crippen LogP contribution is -2.37. The molecule has 1 saturated heterocycles. The summed E-state index contributed by atoms with van der Waals surface area (Å²) in [5.74, 6) is 1.28. The Kier molecular flexibility index (Phi) is 4.44. The topological polar surface area (TPSA) is 62.4 Å². The molecule has 0 radical (unpaired) electrons. The van der Waals surface area contributed by atoms with Crippen LogP contribution in [0.15, 0.2) is 21.3 Å². The molecule has 1 aliphatic heterocycles. The fraction of sp³-hybridized carbons (Fsp3) is 0.571. The number of hydrogen-bond donors (Lipinski definition) is 1. The van der Waals surface area contributed by atoms with Crippen molar-refractivity contribution in [2.75, 3.05) is 13.2 Å². The molecule has 1 N–H and O–H groups in total. The maximum absolute atomic E-state index is 9.52. The number of nitrogens with zero attached hydrogens (tertiary/aromatic N) is 3. The molecule has 2 aromatic rings. The highest BCUT2D eigenvalue weighted by atomic mass is 32.1. The number of likely N-dealkylation sites (tertiary alicyclic amines) is 1. The molecule has 6 heteroatoms. The molecule has 0 spiro atoms. The summed E-state index contributed by atoms with van der Waals surface area (Å²) in [5, 5.41) is 17.6. The van der Waals surface area contributed by atoms with Crippen molar-refractivity contribution in [3.8, 4) is 11.5 Å². The molecule has 1 atom stereocenters. The number of aromatic nitrogens is 2. The summed E-state index contributed by atoms with van der Waals surface area (Å²) in [6.45, 7) is 1.85. The van der Waals surface area contributed by atoms with Crippen LogP contribution >= 0.6 is 11.3 Å². The van der Waals surface area contributed by atoms with Gasteiger partial charge in [-0.25, -0.2) is 0 Å². The van der Waals surface area contributed by atoms with Crippen molar-refractivity contribution >= 4 is 11.3 Å². The highest BCUT2D eigenvalue weighted by Crippen LogP contribution is 2.22. The molecule has 1 unspecified atom stereocenters. The van der Waals surface area contributed by atoms with Gasteiger partial charge in [-0.05, 0) is 30.8 Å². The summed E-state index contributed by atoms with van der Waals surface area (Å²) in [7, 11) is 0. The van der Waals surface area contributed by atoms with Gasteiger partial charge in [0.15, 0.2) is 5.82 Å². The Hall–Kier alpha value is -1.24. The van der Waals surface area contributed by atoms with E-state index in [1.165, 1.54) is 19.3 Å². The summed E-state index contributed by atoms with van der Waals surface area (Å²) < 4.78 is 5.31. The van der Waals surface area contributed by atoms with Crippen molar-refractivity contribution in [1.29, 1.82) is 0 Å². The van der Waals surface area contributed by atoms with Crippen molar-refractivity contribution in [3.05, 3.63) is 22.7 Å². The van der Waals surface area contributed by atoms with Crippen molar-refractivity contribution in [1.82, 2.24) is 15.0 Å². The van der Waals surface area contributed by atoms with E-state index in [1.807, 2.05) is 16.8 Å². The molecule has 0 saturated carbocycles. The van der Waals surface area contributed by atoms with Gasteiger partial charge in [0.05, 0.1) is 18.7 Å². The minimum atomic E-state index is 0.204. The molecule has 1 aliphatic rings. The van der Waals surface area contributed by atoms with Crippen LogP contribution in [-0.2, 0) is 6.54 Å². The van der Waals surface area contributed by atoms with Crippen molar-refractivity contribution in [3.63, 3.8) is 0 Å². The van der Waals surface area contributed by atoms with Crippen LogP contribution in [0.25, 0.3) is 11.5 Å². The third-order valence-corrected chi connectivity index (χ3v) is 4.47. The molecule has 20 heavy (non-hydrogen) atoms. The summed E-state index contributed by atoms with van der Waals surface area (Å²) in [5.41, 5.74) is 0.975. The van der Waals surface area contributed by atoms with Crippen LogP contribution in [0.2, 0.25) is 0 Å². The SMILES string of the molecule is OCC1CCCCCN1Cc1noc(-c2ccsc2)n1. The van der Waals surface area contributed by atoms with E-state index in [1.54, 1.807) is 11.3 Å². The molecule has 0 bridgehead atoms.